The summed E-state index contributed by atoms with van der Waals surface area (Å²) in [6.07, 6.45) is 0.0160. The Morgan fingerprint density at radius 2 is 2.00 bits per heavy atom. The highest BCUT2D eigenvalue weighted by Gasteiger charge is 2.48. The van der Waals surface area contributed by atoms with Crippen LogP contribution in [0.15, 0.2) is 30.5 Å². The Morgan fingerprint density at radius 1 is 1.16 bits per heavy atom. The molecule has 2 N–H and O–H groups in total. The van der Waals surface area contributed by atoms with Crippen LogP contribution < -0.4 is 10.1 Å². The van der Waals surface area contributed by atoms with Crippen molar-refractivity contribution in [3.63, 3.8) is 0 Å². The molecule has 0 unspecified atom stereocenters. The molecule has 1 aromatic heterocycles. The number of rotatable bonds is 4. The topological polar surface area (TPSA) is 85.7 Å². The van der Waals surface area contributed by atoms with Gasteiger partial charge in [-0.2, -0.15) is 0 Å². The number of aliphatic hydroxyl groups is 1. The molecule has 2 fully saturated rings. The van der Waals surface area contributed by atoms with Gasteiger partial charge in [-0.25, -0.2) is 9.97 Å². The number of hydrogen-bond acceptors (Lipinski definition) is 7. The molecule has 0 spiro atoms. The van der Waals surface area contributed by atoms with Crippen LogP contribution in [0.1, 0.15) is 0 Å². The third kappa shape index (κ3) is 3.51. The van der Waals surface area contributed by atoms with Crippen LogP contribution in [0, 0.1) is 0 Å². The first-order valence-electron chi connectivity index (χ1n) is 7.73. The molecule has 0 amide bonds. The average Bonchev–Trinajstić information content (AvgIpc) is 3.14. The molecule has 0 saturated carbocycles. The fourth-order valence-corrected chi connectivity index (χ4v) is 3.31. The molecule has 0 bridgehead atoms. The van der Waals surface area contributed by atoms with E-state index in [-0.39, 0.29) is 30.2 Å². The number of halogens is 2. The number of anilines is 2. The molecule has 0 aliphatic carbocycles. The van der Waals surface area contributed by atoms with E-state index < -0.39 is 6.10 Å². The predicted molar refractivity (Wildman–Crippen MR) is 91.7 cm³/mol. The summed E-state index contributed by atoms with van der Waals surface area (Å²) in [7, 11) is 0. The highest BCUT2D eigenvalue weighted by atomic mass is 35.5. The zero-order valence-corrected chi connectivity index (χ0v) is 14.4. The lowest BCUT2D eigenvalue weighted by atomic mass is 10.1. The summed E-state index contributed by atoms with van der Waals surface area (Å²) in [5.41, 5.74) is 0.736. The van der Waals surface area contributed by atoms with Crippen LogP contribution in [0.2, 0.25) is 10.3 Å². The van der Waals surface area contributed by atoms with Gasteiger partial charge < -0.3 is 24.6 Å². The minimum atomic E-state index is -0.611. The summed E-state index contributed by atoms with van der Waals surface area (Å²) in [5.74, 6) is 1.08. The molecule has 2 aromatic rings. The van der Waals surface area contributed by atoms with E-state index in [4.69, 9.17) is 37.4 Å². The molecule has 132 valence electrons. The first-order chi connectivity index (χ1) is 12.1. The van der Waals surface area contributed by atoms with Gasteiger partial charge in [-0.1, -0.05) is 11.6 Å². The second kappa shape index (κ2) is 6.93. The van der Waals surface area contributed by atoms with E-state index in [9.17, 15) is 5.11 Å². The van der Waals surface area contributed by atoms with Gasteiger partial charge in [-0.3, -0.25) is 0 Å². The number of nitrogens with one attached hydrogen (secondary N) is 1. The first-order valence-corrected chi connectivity index (χ1v) is 8.49. The minimum Gasteiger partial charge on any atom is -0.484 e. The summed E-state index contributed by atoms with van der Waals surface area (Å²) in [6.45, 7) is 0.607. The van der Waals surface area contributed by atoms with Gasteiger partial charge in [0.05, 0.1) is 18.2 Å². The summed E-state index contributed by atoms with van der Waals surface area (Å²) < 4.78 is 17.0. The zero-order chi connectivity index (χ0) is 17.4. The number of ether oxygens (including phenoxy) is 3. The van der Waals surface area contributed by atoms with E-state index >= 15 is 0 Å². The van der Waals surface area contributed by atoms with Crippen LogP contribution >= 0.6 is 23.2 Å². The van der Waals surface area contributed by atoms with E-state index in [1.54, 1.807) is 24.4 Å². The van der Waals surface area contributed by atoms with Gasteiger partial charge >= 0.3 is 0 Å². The van der Waals surface area contributed by atoms with Crippen LogP contribution in [0.25, 0.3) is 0 Å². The van der Waals surface area contributed by atoms with Crippen molar-refractivity contribution in [1.82, 2.24) is 9.97 Å². The fourth-order valence-electron chi connectivity index (χ4n) is 2.93. The van der Waals surface area contributed by atoms with Crippen LogP contribution in [0.4, 0.5) is 11.5 Å². The second-order valence-corrected chi connectivity index (χ2v) is 6.55. The molecule has 2 saturated heterocycles. The Hall–Kier alpha value is -1.64. The van der Waals surface area contributed by atoms with Crippen LogP contribution in [-0.2, 0) is 9.47 Å². The average molecular weight is 384 g/mol. The molecule has 7 nitrogen and oxygen atoms in total. The summed E-state index contributed by atoms with van der Waals surface area (Å²) in [5, 5.41) is 13.5. The van der Waals surface area contributed by atoms with E-state index in [0.29, 0.717) is 23.2 Å². The molecule has 1 aromatic carbocycles. The molecule has 2 aliphatic heterocycles. The van der Waals surface area contributed by atoms with Crippen molar-refractivity contribution >= 4 is 34.7 Å². The smallest absolute Gasteiger partial charge is 0.224 e. The molecule has 9 heteroatoms. The lowest BCUT2D eigenvalue weighted by molar-refractivity contribution is 0.00865. The molecule has 2 aliphatic rings. The number of benzene rings is 1. The van der Waals surface area contributed by atoms with Crippen molar-refractivity contribution in [2.45, 2.75) is 24.4 Å². The molecule has 3 heterocycles. The Kier molecular flexibility index (Phi) is 4.66. The molecular weight excluding hydrogens is 369 g/mol. The van der Waals surface area contributed by atoms with E-state index in [0.717, 1.165) is 5.69 Å². The molecule has 0 radical (unpaired) electrons. The SMILES string of the molecule is O[C@H]1CO[C@H]2[C@@H]1OC[C@@H]2Oc1ccc(Nc2ccnc(Cl)n2)cc1Cl. The van der Waals surface area contributed by atoms with Gasteiger partial charge in [0.25, 0.3) is 0 Å². The number of aliphatic hydroxyl groups excluding tert-OH is 1. The maximum Gasteiger partial charge on any atom is 0.224 e. The normalized spacial score (nSPS) is 28.0. The second-order valence-electron chi connectivity index (χ2n) is 5.80. The van der Waals surface area contributed by atoms with Gasteiger partial charge in [-0.05, 0) is 35.9 Å². The van der Waals surface area contributed by atoms with Gasteiger partial charge in [-0.15, -0.1) is 0 Å². The van der Waals surface area contributed by atoms with Gasteiger partial charge in [0.15, 0.2) is 6.10 Å². The third-order valence-electron chi connectivity index (χ3n) is 4.09. The van der Waals surface area contributed by atoms with Crippen molar-refractivity contribution in [3.8, 4) is 5.75 Å². The summed E-state index contributed by atoms with van der Waals surface area (Å²) in [4.78, 5) is 7.89. The Morgan fingerprint density at radius 3 is 2.80 bits per heavy atom. The number of fused-ring (bicyclic) bond motifs is 1. The molecule has 25 heavy (non-hydrogen) atoms. The van der Waals surface area contributed by atoms with E-state index in [1.807, 2.05) is 6.07 Å². The largest absolute Gasteiger partial charge is 0.484 e. The third-order valence-corrected chi connectivity index (χ3v) is 4.57. The van der Waals surface area contributed by atoms with E-state index in [2.05, 4.69) is 15.3 Å². The van der Waals surface area contributed by atoms with Crippen LogP contribution in [-0.4, -0.2) is 52.7 Å². The summed E-state index contributed by atoms with van der Waals surface area (Å²) in [6, 6.07) is 6.99. The predicted octanol–water partition coefficient (Wildman–Crippen LogP) is 2.43. The fraction of sp³-hybridized carbons (Fsp3) is 0.375. The minimum absolute atomic E-state index is 0.158. The number of nitrogens with zero attached hydrogens (tertiary/aromatic N) is 2. The Labute approximate surface area is 153 Å². The molecule has 4 rings (SSSR count). The van der Waals surface area contributed by atoms with Gasteiger partial charge in [0.2, 0.25) is 5.28 Å². The Balaban J connectivity index is 1.45. The van der Waals surface area contributed by atoms with Crippen LogP contribution in [0.5, 0.6) is 5.75 Å². The van der Waals surface area contributed by atoms with Crippen molar-refractivity contribution in [1.29, 1.82) is 0 Å². The van der Waals surface area contributed by atoms with Gasteiger partial charge in [0.1, 0.15) is 29.9 Å². The zero-order valence-electron chi connectivity index (χ0n) is 12.9. The quantitative estimate of drug-likeness (QED) is 0.784. The lowest BCUT2D eigenvalue weighted by Gasteiger charge is -2.19. The first kappa shape index (κ1) is 16.8. The maximum atomic E-state index is 9.77. The number of aromatic nitrogens is 2. The van der Waals surface area contributed by atoms with Gasteiger partial charge in [0, 0.05) is 11.9 Å². The highest BCUT2D eigenvalue weighted by molar-refractivity contribution is 6.32. The summed E-state index contributed by atoms with van der Waals surface area (Å²) >= 11 is 12.1. The standard InChI is InChI=1S/C16H15Cl2N3O4/c17-9-5-8(20-13-3-4-19-16(18)21-13)1-2-11(9)25-12-7-24-14-10(22)6-23-15(12)14/h1-5,10,12,14-15,22H,6-7H2,(H,19,20,21)/t10-,12-,14+,15+/m0/s1. The van der Waals surface area contributed by atoms with Crippen molar-refractivity contribution in [3.05, 3.63) is 40.8 Å². The monoisotopic (exact) mass is 383 g/mol. The maximum absolute atomic E-state index is 9.77. The van der Waals surface area contributed by atoms with Crippen molar-refractivity contribution in [2.24, 2.45) is 0 Å². The van der Waals surface area contributed by atoms with Crippen molar-refractivity contribution < 1.29 is 19.3 Å². The Bertz CT molecular complexity index is 779. The lowest BCUT2D eigenvalue weighted by Crippen LogP contribution is -2.34. The van der Waals surface area contributed by atoms with Crippen LogP contribution in [0.3, 0.4) is 0 Å². The molecule has 4 atom stereocenters. The van der Waals surface area contributed by atoms with E-state index in [1.165, 1.54) is 0 Å². The molecular formula is C16H15Cl2N3O4. The highest BCUT2D eigenvalue weighted by Crippen LogP contribution is 2.34. The number of hydrogen-bond donors (Lipinski definition) is 2. The van der Waals surface area contributed by atoms with Crippen molar-refractivity contribution in [2.75, 3.05) is 18.5 Å².